The molecule has 5 rings (SSSR count). The van der Waals surface area contributed by atoms with Gasteiger partial charge in [-0.1, -0.05) is 68.4 Å². The Morgan fingerprint density at radius 1 is 0.708 bits per heavy atom. The molecular weight excluding hydrogens is 308 g/mol. The maximum atomic E-state index is 2.40. The minimum absolute atomic E-state index is 0.0681. The first kappa shape index (κ1) is 14.0. The van der Waals surface area contributed by atoms with Crippen molar-refractivity contribution in [1.29, 1.82) is 0 Å². The van der Waals surface area contributed by atoms with E-state index < -0.39 is 0 Å². The third kappa shape index (κ3) is 1.85. The average Bonchev–Trinajstić information content (AvgIpc) is 3.13. The lowest BCUT2D eigenvalue weighted by atomic mass is 9.82. The molecule has 116 valence electrons. The van der Waals surface area contributed by atoms with Crippen LogP contribution in [-0.4, -0.2) is 0 Å². The molecule has 0 N–H and O–H groups in total. The molecule has 1 heterocycles. The maximum absolute atomic E-state index is 2.40. The van der Waals surface area contributed by atoms with Crippen LogP contribution in [0.15, 0.2) is 72.8 Å². The summed E-state index contributed by atoms with van der Waals surface area (Å²) in [5.41, 5.74) is 7.06. The van der Waals surface area contributed by atoms with Gasteiger partial charge in [0.25, 0.3) is 0 Å². The minimum Gasteiger partial charge on any atom is -0.135 e. The van der Waals surface area contributed by atoms with E-state index in [4.69, 9.17) is 0 Å². The molecule has 3 aromatic carbocycles. The number of hydrogen-bond acceptors (Lipinski definition) is 1. The van der Waals surface area contributed by atoms with Gasteiger partial charge in [0.05, 0.1) is 0 Å². The van der Waals surface area contributed by atoms with E-state index in [1.54, 1.807) is 0 Å². The van der Waals surface area contributed by atoms with Crippen LogP contribution in [0.4, 0.5) is 0 Å². The van der Waals surface area contributed by atoms with Gasteiger partial charge in [-0.05, 0) is 51.4 Å². The van der Waals surface area contributed by atoms with Gasteiger partial charge in [0.1, 0.15) is 0 Å². The zero-order valence-electron chi connectivity index (χ0n) is 13.8. The van der Waals surface area contributed by atoms with Gasteiger partial charge < -0.3 is 0 Å². The van der Waals surface area contributed by atoms with Gasteiger partial charge in [-0.15, -0.1) is 11.3 Å². The van der Waals surface area contributed by atoms with E-state index in [0.29, 0.717) is 0 Å². The minimum atomic E-state index is 0.0681. The van der Waals surface area contributed by atoms with Crippen molar-refractivity contribution in [2.45, 2.75) is 19.3 Å². The number of thiophene rings is 1. The number of rotatable bonds is 1. The van der Waals surface area contributed by atoms with E-state index in [1.165, 1.54) is 42.8 Å². The fourth-order valence-corrected chi connectivity index (χ4v) is 5.04. The summed E-state index contributed by atoms with van der Waals surface area (Å²) >= 11 is 1.88. The largest absolute Gasteiger partial charge is 0.135 e. The molecule has 4 aromatic rings. The smallest absolute Gasteiger partial charge is 0.0355 e. The predicted molar refractivity (Wildman–Crippen MR) is 105 cm³/mol. The van der Waals surface area contributed by atoms with Crippen LogP contribution in [0.25, 0.3) is 31.7 Å². The SMILES string of the molecule is CC1(C)c2ccccc2-c2ccc(-c3cc4ccccc4s3)cc21. The molecule has 1 aliphatic rings. The molecule has 0 aliphatic heterocycles. The molecule has 0 fully saturated rings. The summed E-state index contributed by atoms with van der Waals surface area (Å²) in [5, 5.41) is 1.33. The van der Waals surface area contributed by atoms with Crippen LogP contribution in [0.1, 0.15) is 25.0 Å². The Bertz CT molecular complexity index is 1050. The predicted octanol–water partition coefficient (Wildman–Crippen LogP) is 6.87. The Hall–Kier alpha value is -2.38. The first-order valence-electron chi connectivity index (χ1n) is 8.38. The first-order valence-corrected chi connectivity index (χ1v) is 9.19. The maximum Gasteiger partial charge on any atom is 0.0355 e. The monoisotopic (exact) mass is 326 g/mol. The van der Waals surface area contributed by atoms with Crippen LogP contribution >= 0.6 is 11.3 Å². The quantitative estimate of drug-likeness (QED) is 0.358. The van der Waals surface area contributed by atoms with Crippen LogP contribution in [-0.2, 0) is 5.41 Å². The van der Waals surface area contributed by atoms with Crippen molar-refractivity contribution in [2.24, 2.45) is 0 Å². The van der Waals surface area contributed by atoms with Gasteiger partial charge in [0, 0.05) is 15.0 Å². The Balaban J connectivity index is 1.71. The molecule has 0 spiro atoms. The van der Waals surface area contributed by atoms with Gasteiger partial charge in [-0.2, -0.15) is 0 Å². The summed E-state index contributed by atoms with van der Waals surface area (Å²) in [5.74, 6) is 0. The second-order valence-corrected chi connectivity index (χ2v) is 8.16. The van der Waals surface area contributed by atoms with Crippen LogP contribution in [0.2, 0.25) is 0 Å². The summed E-state index contributed by atoms with van der Waals surface area (Å²) in [6.07, 6.45) is 0. The van der Waals surface area contributed by atoms with Crippen LogP contribution in [0.5, 0.6) is 0 Å². The molecule has 0 saturated carbocycles. The summed E-state index contributed by atoms with van der Waals surface area (Å²) in [7, 11) is 0. The second-order valence-electron chi connectivity index (χ2n) is 7.08. The van der Waals surface area contributed by atoms with Crippen molar-refractivity contribution in [1.82, 2.24) is 0 Å². The molecule has 0 saturated heterocycles. The first-order chi connectivity index (χ1) is 11.6. The molecule has 0 radical (unpaired) electrons. The highest BCUT2D eigenvalue weighted by atomic mass is 32.1. The lowest BCUT2D eigenvalue weighted by molar-refractivity contribution is 0.660. The Kier molecular flexibility index (Phi) is 2.81. The van der Waals surface area contributed by atoms with Gasteiger partial charge in [-0.3, -0.25) is 0 Å². The molecule has 1 heteroatoms. The van der Waals surface area contributed by atoms with Crippen molar-refractivity contribution >= 4 is 21.4 Å². The normalized spacial score (nSPS) is 14.6. The van der Waals surface area contributed by atoms with Crippen molar-refractivity contribution in [3.63, 3.8) is 0 Å². The van der Waals surface area contributed by atoms with Crippen molar-refractivity contribution in [2.75, 3.05) is 0 Å². The van der Waals surface area contributed by atoms with Crippen LogP contribution < -0.4 is 0 Å². The van der Waals surface area contributed by atoms with E-state index in [2.05, 4.69) is 86.6 Å². The van der Waals surface area contributed by atoms with Crippen molar-refractivity contribution < 1.29 is 0 Å². The molecule has 0 nitrogen and oxygen atoms in total. The molecule has 0 atom stereocenters. The Morgan fingerprint density at radius 2 is 1.46 bits per heavy atom. The Labute approximate surface area is 146 Å². The van der Waals surface area contributed by atoms with E-state index in [-0.39, 0.29) is 5.41 Å². The Morgan fingerprint density at radius 3 is 2.33 bits per heavy atom. The number of fused-ring (bicyclic) bond motifs is 4. The van der Waals surface area contributed by atoms with Crippen molar-refractivity contribution in [3.8, 4) is 21.6 Å². The highest BCUT2D eigenvalue weighted by Gasteiger charge is 2.35. The number of hydrogen-bond donors (Lipinski definition) is 0. The number of benzene rings is 3. The van der Waals surface area contributed by atoms with E-state index in [1.807, 2.05) is 11.3 Å². The van der Waals surface area contributed by atoms with E-state index in [9.17, 15) is 0 Å². The van der Waals surface area contributed by atoms with Crippen molar-refractivity contribution in [3.05, 3.63) is 83.9 Å². The van der Waals surface area contributed by atoms with Crippen LogP contribution in [0.3, 0.4) is 0 Å². The molecule has 1 aliphatic carbocycles. The zero-order valence-corrected chi connectivity index (χ0v) is 14.7. The topological polar surface area (TPSA) is 0 Å². The van der Waals surface area contributed by atoms with Gasteiger partial charge >= 0.3 is 0 Å². The fraction of sp³-hybridized carbons (Fsp3) is 0.130. The standard InChI is InChI=1S/C23H18S/c1-23(2)19-9-5-4-8-17(19)18-12-11-16(13-20(18)23)22-14-15-7-3-6-10-21(15)24-22/h3-14H,1-2H3. The van der Waals surface area contributed by atoms with E-state index >= 15 is 0 Å². The third-order valence-electron chi connectivity index (χ3n) is 5.29. The molecule has 0 bridgehead atoms. The van der Waals surface area contributed by atoms with Crippen LogP contribution in [0, 0.1) is 0 Å². The molecule has 0 amide bonds. The molecular formula is C23H18S. The highest BCUT2D eigenvalue weighted by molar-refractivity contribution is 7.22. The lowest BCUT2D eigenvalue weighted by Crippen LogP contribution is -2.14. The summed E-state index contributed by atoms with van der Waals surface area (Å²) in [6, 6.07) is 26.8. The molecule has 24 heavy (non-hydrogen) atoms. The highest BCUT2D eigenvalue weighted by Crippen LogP contribution is 2.49. The third-order valence-corrected chi connectivity index (χ3v) is 6.46. The molecule has 0 unspecified atom stereocenters. The van der Waals surface area contributed by atoms with Gasteiger partial charge in [0.2, 0.25) is 0 Å². The summed E-state index contributed by atoms with van der Waals surface area (Å²) in [4.78, 5) is 1.35. The fourth-order valence-electron chi connectivity index (χ4n) is 3.98. The van der Waals surface area contributed by atoms with Gasteiger partial charge in [0.15, 0.2) is 0 Å². The summed E-state index contributed by atoms with van der Waals surface area (Å²) < 4.78 is 1.36. The van der Waals surface area contributed by atoms with E-state index in [0.717, 1.165) is 0 Å². The summed E-state index contributed by atoms with van der Waals surface area (Å²) in [6.45, 7) is 4.68. The molecule has 1 aromatic heterocycles. The second kappa shape index (κ2) is 4.81. The average molecular weight is 326 g/mol. The zero-order chi connectivity index (χ0) is 16.3. The lowest BCUT2D eigenvalue weighted by Gasteiger charge is -2.21. The van der Waals surface area contributed by atoms with Gasteiger partial charge in [-0.25, -0.2) is 0 Å².